The summed E-state index contributed by atoms with van der Waals surface area (Å²) in [5.41, 5.74) is -0.289. The van der Waals surface area contributed by atoms with Gasteiger partial charge in [-0.15, -0.1) is 0 Å². The summed E-state index contributed by atoms with van der Waals surface area (Å²) in [7, 11) is 0. The molecule has 0 aromatic heterocycles. The number of rotatable bonds is 1. The molecule has 1 N–H and O–H groups in total. The van der Waals surface area contributed by atoms with Crippen molar-refractivity contribution in [1.29, 1.82) is 0 Å². The van der Waals surface area contributed by atoms with Crippen LogP contribution in [0.3, 0.4) is 0 Å². The third-order valence-corrected chi connectivity index (χ3v) is 8.72. The van der Waals surface area contributed by atoms with Crippen LogP contribution >= 0.6 is 0 Å². The van der Waals surface area contributed by atoms with E-state index in [-0.39, 0.29) is 17.5 Å². The van der Waals surface area contributed by atoms with Gasteiger partial charge in [-0.25, -0.2) is 9.59 Å². The number of ether oxygens (including phenoxy) is 1. The van der Waals surface area contributed by atoms with Crippen LogP contribution in [0.15, 0.2) is 0 Å². The van der Waals surface area contributed by atoms with Crippen molar-refractivity contribution in [1.82, 2.24) is 15.1 Å². The number of amides is 3. The molecule has 4 bridgehead atoms. The summed E-state index contributed by atoms with van der Waals surface area (Å²) in [6.45, 7) is 8.90. The maximum absolute atomic E-state index is 13.1. The van der Waals surface area contributed by atoms with Gasteiger partial charge in [-0.3, -0.25) is 0 Å². The van der Waals surface area contributed by atoms with Crippen molar-refractivity contribution in [2.75, 3.05) is 26.2 Å². The van der Waals surface area contributed by atoms with Gasteiger partial charge in [0.1, 0.15) is 5.60 Å². The lowest BCUT2D eigenvalue weighted by Gasteiger charge is -2.54. The van der Waals surface area contributed by atoms with E-state index in [2.05, 4.69) is 5.32 Å². The first-order valence-corrected chi connectivity index (χ1v) is 12.2. The number of nitrogens with zero attached hydrogens (tertiary/aromatic N) is 2. The molecule has 168 valence electrons. The fourth-order valence-electron chi connectivity index (χ4n) is 7.40. The minimum atomic E-state index is -0.452. The minimum absolute atomic E-state index is 0.157. The van der Waals surface area contributed by atoms with E-state index in [1.807, 2.05) is 30.6 Å². The van der Waals surface area contributed by atoms with Gasteiger partial charge in [0.05, 0.1) is 0 Å². The summed E-state index contributed by atoms with van der Waals surface area (Å²) in [6, 6.07) is 0.569. The van der Waals surface area contributed by atoms with E-state index >= 15 is 0 Å². The van der Waals surface area contributed by atoms with Gasteiger partial charge in [0, 0.05) is 32.2 Å². The molecule has 30 heavy (non-hydrogen) atoms. The highest BCUT2D eigenvalue weighted by Gasteiger charge is 2.49. The molecule has 3 amide bonds. The lowest BCUT2D eigenvalue weighted by Crippen LogP contribution is -2.59. The van der Waals surface area contributed by atoms with Gasteiger partial charge in [0.15, 0.2) is 0 Å². The molecule has 2 aliphatic heterocycles. The van der Waals surface area contributed by atoms with E-state index < -0.39 is 5.60 Å². The number of hydrogen-bond donors (Lipinski definition) is 1. The predicted octanol–water partition coefficient (Wildman–Crippen LogP) is 4.24. The van der Waals surface area contributed by atoms with Crippen molar-refractivity contribution in [2.24, 2.45) is 29.1 Å². The van der Waals surface area contributed by atoms with Crippen molar-refractivity contribution in [2.45, 2.75) is 83.8 Å². The van der Waals surface area contributed by atoms with Crippen LogP contribution in [0, 0.1) is 29.1 Å². The third kappa shape index (κ3) is 3.91. The Morgan fingerprint density at radius 3 is 1.93 bits per heavy atom. The Labute approximate surface area is 181 Å². The zero-order valence-electron chi connectivity index (χ0n) is 19.0. The molecule has 0 aromatic rings. The smallest absolute Gasteiger partial charge is 0.410 e. The zero-order chi connectivity index (χ0) is 21.1. The molecule has 2 saturated heterocycles. The molecule has 6 fully saturated rings. The molecule has 0 aromatic carbocycles. The van der Waals surface area contributed by atoms with Crippen LogP contribution in [-0.2, 0) is 4.74 Å². The van der Waals surface area contributed by atoms with Crippen LogP contribution < -0.4 is 5.32 Å². The van der Waals surface area contributed by atoms with E-state index in [0.717, 1.165) is 69.1 Å². The fourth-order valence-corrected chi connectivity index (χ4v) is 7.40. The molecular formula is C24H39N3O3. The quantitative estimate of drug-likeness (QED) is 0.694. The summed E-state index contributed by atoms with van der Waals surface area (Å²) in [4.78, 5) is 29.4. The number of urea groups is 1. The van der Waals surface area contributed by atoms with Gasteiger partial charge in [0.25, 0.3) is 0 Å². The largest absolute Gasteiger partial charge is 0.444 e. The van der Waals surface area contributed by atoms with Crippen molar-refractivity contribution in [3.8, 4) is 0 Å². The Hall–Kier alpha value is -1.46. The monoisotopic (exact) mass is 417 g/mol. The van der Waals surface area contributed by atoms with Crippen LogP contribution in [0.5, 0.6) is 0 Å². The zero-order valence-corrected chi connectivity index (χ0v) is 19.0. The van der Waals surface area contributed by atoms with Crippen LogP contribution in [0.4, 0.5) is 9.59 Å². The van der Waals surface area contributed by atoms with E-state index in [9.17, 15) is 9.59 Å². The molecule has 4 saturated carbocycles. The van der Waals surface area contributed by atoms with Gasteiger partial charge in [-0.05, 0) is 101 Å². The SMILES string of the molecule is CC(C)(C)OC(=O)N1CCC2(CCN(C(=O)NC3C4CC5CC(C4)CC3C5)CC2)C1. The maximum atomic E-state index is 13.1. The Balaban J connectivity index is 1.12. The number of nitrogens with one attached hydrogen (secondary N) is 1. The maximum Gasteiger partial charge on any atom is 0.410 e. The molecule has 6 aliphatic rings. The molecule has 6 heteroatoms. The fraction of sp³-hybridized carbons (Fsp3) is 0.917. The lowest BCUT2D eigenvalue weighted by molar-refractivity contribution is -0.0119. The number of likely N-dealkylation sites (tertiary alicyclic amines) is 2. The van der Waals surface area contributed by atoms with Crippen molar-refractivity contribution < 1.29 is 14.3 Å². The molecule has 6 nitrogen and oxygen atoms in total. The Morgan fingerprint density at radius 2 is 1.40 bits per heavy atom. The number of carbonyl (C=O) groups is 2. The molecule has 6 rings (SSSR count). The Bertz CT molecular complexity index is 664. The third-order valence-electron chi connectivity index (χ3n) is 8.72. The van der Waals surface area contributed by atoms with E-state index in [1.165, 1.54) is 32.1 Å². The van der Waals surface area contributed by atoms with E-state index in [4.69, 9.17) is 4.74 Å². The Kier molecular flexibility index (Phi) is 4.98. The average molecular weight is 418 g/mol. The standard InChI is InChI=1S/C24H39N3O3/c1-23(2,3)30-22(29)27-9-6-24(15-27)4-7-26(8-5-24)21(28)25-20-18-11-16-10-17(13-18)14-19(20)12-16/h16-20H,4-15H2,1-3H3,(H,25,28). The molecule has 0 atom stereocenters. The summed E-state index contributed by atoms with van der Waals surface area (Å²) in [6.07, 6.45) is 9.59. The van der Waals surface area contributed by atoms with Crippen molar-refractivity contribution in [3.05, 3.63) is 0 Å². The molecule has 1 spiro atoms. The van der Waals surface area contributed by atoms with Crippen LogP contribution in [0.1, 0.15) is 72.1 Å². The summed E-state index contributed by atoms with van der Waals surface area (Å²) < 4.78 is 5.56. The van der Waals surface area contributed by atoms with Crippen molar-refractivity contribution >= 4 is 12.1 Å². The Morgan fingerprint density at radius 1 is 0.867 bits per heavy atom. The van der Waals surface area contributed by atoms with Crippen molar-refractivity contribution in [3.63, 3.8) is 0 Å². The highest BCUT2D eigenvalue weighted by atomic mass is 16.6. The highest BCUT2D eigenvalue weighted by molar-refractivity contribution is 5.75. The molecule has 2 heterocycles. The van der Waals surface area contributed by atoms with Gasteiger partial charge >= 0.3 is 12.1 Å². The van der Waals surface area contributed by atoms with Crippen LogP contribution in [0.2, 0.25) is 0 Å². The van der Waals surface area contributed by atoms with Crippen LogP contribution in [-0.4, -0.2) is 59.7 Å². The first kappa shape index (κ1) is 20.4. The highest BCUT2D eigenvalue weighted by Crippen LogP contribution is 2.53. The normalized spacial score (nSPS) is 37.0. The van der Waals surface area contributed by atoms with E-state index in [1.54, 1.807) is 0 Å². The molecule has 4 aliphatic carbocycles. The van der Waals surface area contributed by atoms with Gasteiger partial charge in [0.2, 0.25) is 0 Å². The average Bonchev–Trinajstić information content (AvgIpc) is 3.07. The summed E-state index contributed by atoms with van der Waals surface area (Å²) >= 11 is 0. The summed E-state index contributed by atoms with van der Waals surface area (Å²) in [5, 5.41) is 3.47. The number of hydrogen-bond acceptors (Lipinski definition) is 3. The first-order chi connectivity index (χ1) is 14.2. The van der Waals surface area contributed by atoms with E-state index in [0.29, 0.717) is 6.04 Å². The first-order valence-electron chi connectivity index (χ1n) is 12.2. The topological polar surface area (TPSA) is 61.9 Å². The second kappa shape index (κ2) is 7.30. The van der Waals surface area contributed by atoms with Gasteiger partial charge in [-0.1, -0.05) is 0 Å². The van der Waals surface area contributed by atoms with Gasteiger partial charge < -0.3 is 19.9 Å². The predicted molar refractivity (Wildman–Crippen MR) is 115 cm³/mol. The number of carbonyl (C=O) groups excluding carboxylic acids is 2. The molecular weight excluding hydrogens is 378 g/mol. The van der Waals surface area contributed by atoms with Crippen LogP contribution in [0.25, 0.3) is 0 Å². The number of piperidine rings is 1. The second-order valence-electron chi connectivity index (χ2n) is 12.0. The minimum Gasteiger partial charge on any atom is -0.444 e. The molecule has 0 unspecified atom stereocenters. The summed E-state index contributed by atoms with van der Waals surface area (Å²) in [5.74, 6) is 3.31. The molecule has 0 radical (unpaired) electrons. The van der Waals surface area contributed by atoms with Gasteiger partial charge in [-0.2, -0.15) is 0 Å². The lowest BCUT2D eigenvalue weighted by atomic mass is 9.54. The second-order valence-corrected chi connectivity index (χ2v) is 12.0.